The monoisotopic (exact) mass is 343 g/mol. The van der Waals surface area contributed by atoms with Crippen LogP contribution in [0.25, 0.3) is 0 Å². The van der Waals surface area contributed by atoms with Crippen LogP contribution in [-0.2, 0) is 11.3 Å². The number of aryl methyl sites for hydroxylation is 1. The van der Waals surface area contributed by atoms with Crippen molar-refractivity contribution in [1.29, 1.82) is 0 Å². The van der Waals surface area contributed by atoms with E-state index in [9.17, 15) is 4.79 Å². The molecule has 1 aromatic heterocycles. The maximum absolute atomic E-state index is 12.5. The number of carbonyl (C=O) groups is 1. The number of ether oxygens (including phenoxy) is 1. The topological polar surface area (TPSA) is 56.1 Å². The standard InChI is InChI=1S/C20H29N3O2/c1-4-5-13-25-14-9-12-21-20(24)19-16(2)22-23(17(19)3)15-18-10-7-6-8-11-18/h6-8,10-11H,4-5,9,12-15H2,1-3H3,(H,21,24). The molecule has 0 aliphatic carbocycles. The summed E-state index contributed by atoms with van der Waals surface area (Å²) in [7, 11) is 0. The van der Waals surface area contributed by atoms with Crippen LogP contribution >= 0.6 is 0 Å². The first-order valence-electron chi connectivity index (χ1n) is 9.07. The molecule has 0 aliphatic rings. The number of nitrogens with zero attached hydrogens (tertiary/aromatic N) is 2. The quantitative estimate of drug-likeness (QED) is 0.672. The Morgan fingerprint density at radius 2 is 1.88 bits per heavy atom. The van der Waals surface area contributed by atoms with E-state index in [1.165, 1.54) is 5.56 Å². The van der Waals surface area contributed by atoms with Crippen LogP contribution in [0.1, 0.15) is 53.5 Å². The van der Waals surface area contributed by atoms with Gasteiger partial charge in [-0.1, -0.05) is 43.7 Å². The second-order valence-electron chi connectivity index (χ2n) is 6.26. The molecular formula is C20H29N3O2. The lowest BCUT2D eigenvalue weighted by Gasteiger charge is -2.07. The summed E-state index contributed by atoms with van der Waals surface area (Å²) in [4.78, 5) is 12.5. The number of nitrogens with one attached hydrogen (secondary N) is 1. The fourth-order valence-electron chi connectivity index (χ4n) is 2.75. The van der Waals surface area contributed by atoms with Crippen molar-refractivity contribution in [2.75, 3.05) is 19.8 Å². The summed E-state index contributed by atoms with van der Waals surface area (Å²) in [5.74, 6) is -0.0529. The Bertz CT molecular complexity index is 665. The predicted octanol–water partition coefficient (Wildman–Crippen LogP) is 3.48. The van der Waals surface area contributed by atoms with Crippen molar-refractivity contribution in [2.24, 2.45) is 0 Å². The zero-order valence-corrected chi connectivity index (χ0v) is 15.5. The van der Waals surface area contributed by atoms with Crippen molar-refractivity contribution < 1.29 is 9.53 Å². The molecular weight excluding hydrogens is 314 g/mol. The molecule has 0 aliphatic heterocycles. The van der Waals surface area contributed by atoms with Crippen molar-refractivity contribution in [2.45, 2.75) is 46.6 Å². The van der Waals surface area contributed by atoms with Gasteiger partial charge in [-0.25, -0.2) is 0 Å². The lowest BCUT2D eigenvalue weighted by atomic mass is 10.1. The normalized spacial score (nSPS) is 10.8. The number of amides is 1. The zero-order valence-electron chi connectivity index (χ0n) is 15.5. The van der Waals surface area contributed by atoms with Gasteiger partial charge in [-0.3, -0.25) is 9.48 Å². The number of unbranched alkanes of at least 4 members (excludes halogenated alkanes) is 1. The predicted molar refractivity (Wildman–Crippen MR) is 99.9 cm³/mol. The zero-order chi connectivity index (χ0) is 18.1. The van der Waals surface area contributed by atoms with E-state index < -0.39 is 0 Å². The molecule has 0 fully saturated rings. The minimum Gasteiger partial charge on any atom is -0.381 e. The van der Waals surface area contributed by atoms with E-state index in [0.717, 1.165) is 37.3 Å². The third-order valence-electron chi connectivity index (χ3n) is 4.18. The third kappa shape index (κ3) is 5.71. The van der Waals surface area contributed by atoms with E-state index in [1.54, 1.807) is 0 Å². The van der Waals surface area contributed by atoms with Crippen LogP contribution in [-0.4, -0.2) is 35.4 Å². The maximum atomic E-state index is 12.5. The molecule has 5 nitrogen and oxygen atoms in total. The summed E-state index contributed by atoms with van der Waals surface area (Å²) in [6, 6.07) is 10.1. The largest absolute Gasteiger partial charge is 0.381 e. The molecule has 5 heteroatoms. The highest BCUT2D eigenvalue weighted by atomic mass is 16.5. The van der Waals surface area contributed by atoms with E-state index >= 15 is 0 Å². The highest BCUT2D eigenvalue weighted by molar-refractivity contribution is 5.96. The van der Waals surface area contributed by atoms with Crippen molar-refractivity contribution in [3.05, 3.63) is 52.8 Å². The number of aromatic nitrogens is 2. The van der Waals surface area contributed by atoms with Crippen LogP contribution in [0.5, 0.6) is 0 Å². The Kier molecular flexibility index (Phi) is 7.67. The molecule has 0 unspecified atom stereocenters. The summed E-state index contributed by atoms with van der Waals surface area (Å²) in [6.07, 6.45) is 3.05. The lowest BCUT2D eigenvalue weighted by molar-refractivity contribution is 0.0939. The number of benzene rings is 1. The molecule has 2 rings (SSSR count). The van der Waals surface area contributed by atoms with E-state index in [0.29, 0.717) is 25.3 Å². The molecule has 1 heterocycles. The number of hydrogen-bond donors (Lipinski definition) is 1. The molecule has 1 aromatic carbocycles. The lowest BCUT2D eigenvalue weighted by Crippen LogP contribution is -2.26. The van der Waals surface area contributed by atoms with E-state index in [-0.39, 0.29) is 5.91 Å². The molecule has 1 N–H and O–H groups in total. The van der Waals surface area contributed by atoms with Crippen LogP contribution < -0.4 is 5.32 Å². The summed E-state index contributed by atoms with van der Waals surface area (Å²) < 4.78 is 7.41. The van der Waals surface area contributed by atoms with Crippen molar-refractivity contribution in [3.8, 4) is 0 Å². The van der Waals surface area contributed by atoms with Crippen molar-refractivity contribution in [3.63, 3.8) is 0 Å². The molecule has 0 spiro atoms. The van der Waals surface area contributed by atoms with Crippen LogP contribution in [0.15, 0.2) is 30.3 Å². The van der Waals surface area contributed by atoms with Crippen LogP contribution in [0.2, 0.25) is 0 Å². The summed E-state index contributed by atoms with van der Waals surface area (Å²) in [6.45, 7) is 8.76. The molecule has 0 saturated heterocycles. The van der Waals surface area contributed by atoms with E-state index in [1.807, 2.05) is 36.7 Å². The smallest absolute Gasteiger partial charge is 0.255 e. The van der Waals surface area contributed by atoms with Gasteiger partial charge < -0.3 is 10.1 Å². The van der Waals surface area contributed by atoms with Gasteiger partial charge in [0.15, 0.2) is 0 Å². The second-order valence-corrected chi connectivity index (χ2v) is 6.26. The first-order valence-corrected chi connectivity index (χ1v) is 9.07. The van der Waals surface area contributed by atoms with Gasteiger partial charge in [0.1, 0.15) is 0 Å². The SMILES string of the molecule is CCCCOCCCNC(=O)c1c(C)nn(Cc2ccccc2)c1C. The second kappa shape index (κ2) is 9.99. The van der Waals surface area contributed by atoms with Crippen LogP contribution in [0.4, 0.5) is 0 Å². The molecule has 0 saturated carbocycles. The minimum absolute atomic E-state index is 0.0529. The highest BCUT2D eigenvalue weighted by Crippen LogP contribution is 2.14. The molecule has 1 amide bonds. The summed E-state index contributed by atoms with van der Waals surface area (Å²) in [5, 5.41) is 7.51. The Morgan fingerprint density at radius 1 is 1.16 bits per heavy atom. The Balaban J connectivity index is 1.87. The highest BCUT2D eigenvalue weighted by Gasteiger charge is 2.18. The average molecular weight is 343 g/mol. The van der Waals surface area contributed by atoms with Gasteiger partial charge in [0.25, 0.3) is 5.91 Å². The van der Waals surface area contributed by atoms with Gasteiger partial charge in [0.2, 0.25) is 0 Å². The van der Waals surface area contributed by atoms with Gasteiger partial charge in [0.05, 0.1) is 17.8 Å². The minimum atomic E-state index is -0.0529. The number of hydrogen-bond acceptors (Lipinski definition) is 3. The molecule has 0 atom stereocenters. The third-order valence-corrected chi connectivity index (χ3v) is 4.18. The molecule has 136 valence electrons. The molecule has 2 aromatic rings. The van der Waals surface area contributed by atoms with Crippen LogP contribution in [0.3, 0.4) is 0 Å². The number of carbonyl (C=O) groups excluding carboxylic acids is 1. The number of rotatable bonds is 10. The van der Waals surface area contributed by atoms with Gasteiger partial charge in [-0.15, -0.1) is 0 Å². The van der Waals surface area contributed by atoms with E-state index in [4.69, 9.17) is 4.74 Å². The first kappa shape index (κ1) is 19.2. The fourth-order valence-corrected chi connectivity index (χ4v) is 2.75. The summed E-state index contributed by atoms with van der Waals surface area (Å²) in [5.41, 5.74) is 3.52. The molecule has 0 radical (unpaired) electrons. The van der Waals surface area contributed by atoms with Gasteiger partial charge >= 0.3 is 0 Å². The van der Waals surface area contributed by atoms with Gasteiger partial charge in [-0.2, -0.15) is 5.10 Å². The van der Waals surface area contributed by atoms with Crippen LogP contribution in [0, 0.1) is 13.8 Å². The Labute approximate surface area is 150 Å². The molecule has 25 heavy (non-hydrogen) atoms. The molecule has 0 bridgehead atoms. The van der Waals surface area contributed by atoms with Crippen molar-refractivity contribution >= 4 is 5.91 Å². The average Bonchev–Trinajstić information content (AvgIpc) is 2.88. The first-order chi connectivity index (χ1) is 12.1. The van der Waals surface area contributed by atoms with Gasteiger partial charge in [-0.05, 0) is 32.3 Å². The Morgan fingerprint density at radius 3 is 2.60 bits per heavy atom. The van der Waals surface area contributed by atoms with Gasteiger partial charge in [0, 0.05) is 25.5 Å². The summed E-state index contributed by atoms with van der Waals surface area (Å²) >= 11 is 0. The van der Waals surface area contributed by atoms with E-state index in [2.05, 4.69) is 29.5 Å². The maximum Gasteiger partial charge on any atom is 0.255 e. The fraction of sp³-hybridized carbons (Fsp3) is 0.500. The Hall–Kier alpha value is -2.14. The van der Waals surface area contributed by atoms with Crippen molar-refractivity contribution in [1.82, 2.24) is 15.1 Å².